The molecule has 1 rings (SSSR count). The minimum atomic E-state index is 1.00. The van der Waals surface area contributed by atoms with Crippen LogP contribution in [0.3, 0.4) is 0 Å². The summed E-state index contributed by atoms with van der Waals surface area (Å²) in [4.78, 5) is 0. The number of hydrogen-bond donors (Lipinski definition) is 0. The van der Waals surface area contributed by atoms with E-state index < -0.39 is 0 Å². The second kappa shape index (κ2) is 2.46. The molecule has 0 aromatic heterocycles. The molecule has 1 aliphatic heterocycles. The highest BCUT2D eigenvalue weighted by Crippen LogP contribution is 1.68. The molecule has 0 N–H and O–H groups in total. The van der Waals surface area contributed by atoms with Crippen LogP contribution in [0.4, 0.5) is 0 Å². The van der Waals surface area contributed by atoms with Gasteiger partial charge in [0.1, 0.15) is 0 Å². The molecule has 6 heavy (non-hydrogen) atoms. The standard InChI is InChI=1S/B5H5O/c1-2-4-6-5-3-1/h1-5H. The van der Waals surface area contributed by atoms with Crippen molar-refractivity contribution in [3.05, 3.63) is 0 Å². The molecule has 0 unspecified atom stereocenters. The average Bonchev–Trinajstić information content (AvgIpc) is 1.72. The van der Waals surface area contributed by atoms with E-state index in [9.17, 15) is 0 Å². The lowest BCUT2D eigenvalue weighted by Crippen LogP contribution is -2.33. The Bertz CT molecular complexity index is 19.4. The third-order valence-electron chi connectivity index (χ3n) is 1.08. The number of rotatable bonds is 0. The van der Waals surface area contributed by atoms with E-state index in [2.05, 4.69) is 0 Å². The number of hydrogen-bond acceptors (Lipinski definition) is 1. The topological polar surface area (TPSA) is 9.23 Å². The minimum Gasteiger partial charge on any atom is -0.516 e. The molecular formula is H5B5O. The van der Waals surface area contributed by atoms with Crippen molar-refractivity contribution < 1.29 is 4.57 Å². The second-order valence-electron chi connectivity index (χ2n) is 1.67. The maximum atomic E-state index is 5.07. The fraction of sp³-hybridized carbons (Fsp3) is 0. The van der Waals surface area contributed by atoms with Gasteiger partial charge in [0.15, 0.2) is 0 Å². The van der Waals surface area contributed by atoms with Gasteiger partial charge in [-0.2, -0.15) is 0 Å². The summed E-state index contributed by atoms with van der Waals surface area (Å²) < 4.78 is 5.07. The molecule has 6 heteroatoms. The normalized spacial score (nSPS) is 17.3. The monoisotopic (exact) mass is 76.1 g/mol. The summed E-state index contributed by atoms with van der Waals surface area (Å²) in [7, 11) is 5.93. The van der Waals surface area contributed by atoms with E-state index in [1.807, 2.05) is 0 Å². The molecule has 1 fully saturated rings. The first-order valence-corrected chi connectivity index (χ1v) is 2.58. The van der Waals surface area contributed by atoms with Crippen molar-refractivity contribution >= 4 is 35.9 Å². The van der Waals surface area contributed by atoms with E-state index in [0.29, 0.717) is 0 Å². The first-order valence-electron chi connectivity index (χ1n) is 2.58. The van der Waals surface area contributed by atoms with Crippen LogP contribution in [0.1, 0.15) is 0 Å². The molecule has 1 nitrogen and oxygen atoms in total. The van der Waals surface area contributed by atoms with Crippen molar-refractivity contribution in [2.75, 3.05) is 0 Å². The van der Waals surface area contributed by atoms with Crippen molar-refractivity contribution in [2.24, 2.45) is 0 Å². The van der Waals surface area contributed by atoms with Crippen LogP contribution in [0.5, 0.6) is 0 Å². The molecule has 0 bridgehead atoms. The predicted octanol–water partition coefficient (Wildman–Crippen LogP) is -3.31. The van der Waals surface area contributed by atoms with Gasteiger partial charge in [0.25, 0.3) is 0 Å². The van der Waals surface area contributed by atoms with Crippen molar-refractivity contribution in [1.29, 1.82) is 0 Å². The van der Waals surface area contributed by atoms with E-state index in [-0.39, 0.29) is 0 Å². The quantitative estimate of drug-likeness (QED) is 0.274. The van der Waals surface area contributed by atoms with Gasteiger partial charge < -0.3 is 4.57 Å². The van der Waals surface area contributed by atoms with E-state index in [0.717, 1.165) is 14.7 Å². The van der Waals surface area contributed by atoms with Gasteiger partial charge in [0.2, 0.25) is 14.7 Å². The summed E-state index contributed by atoms with van der Waals surface area (Å²) in [5.41, 5.74) is 0. The summed E-state index contributed by atoms with van der Waals surface area (Å²) in [5.74, 6) is 0. The van der Waals surface area contributed by atoms with E-state index in [1.165, 1.54) is 21.2 Å². The first-order chi connectivity index (χ1) is 3.00. The van der Waals surface area contributed by atoms with Crippen LogP contribution in [0, 0.1) is 0 Å². The van der Waals surface area contributed by atoms with Crippen LogP contribution < -0.4 is 0 Å². The Balaban J connectivity index is 2.00. The maximum absolute atomic E-state index is 5.07. The molecular weight excluding hydrogens is 70.1 g/mol. The highest BCUT2D eigenvalue weighted by molar-refractivity contribution is 7.55. The van der Waals surface area contributed by atoms with Gasteiger partial charge in [-0.1, -0.05) is 0 Å². The van der Waals surface area contributed by atoms with Gasteiger partial charge in [-0.15, -0.1) is 0 Å². The predicted molar refractivity (Wildman–Crippen MR) is 36.8 cm³/mol. The van der Waals surface area contributed by atoms with Crippen LogP contribution in [-0.2, 0) is 4.57 Å². The Kier molecular flexibility index (Phi) is 1.82. The summed E-state index contributed by atoms with van der Waals surface area (Å²) in [6, 6.07) is 0. The van der Waals surface area contributed by atoms with Gasteiger partial charge in [-0.3, -0.25) is 0 Å². The van der Waals surface area contributed by atoms with Crippen LogP contribution in [0.2, 0.25) is 0 Å². The van der Waals surface area contributed by atoms with Crippen molar-refractivity contribution in [2.45, 2.75) is 0 Å². The van der Waals surface area contributed by atoms with Gasteiger partial charge in [-0.05, 0) is 0 Å². The summed E-state index contributed by atoms with van der Waals surface area (Å²) in [5, 5.41) is 0. The maximum Gasteiger partial charge on any atom is 0.203 e. The highest BCUT2D eigenvalue weighted by Gasteiger charge is 2.04. The first kappa shape index (κ1) is 4.44. The van der Waals surface area contributed by atoms with Crippen molar-refractivity contribution in [3.63, 3.8) is 0 Å². The van der Waals surface area contributed by atoms with E-state index in [4.69, 9.17) is 4.57 Å². The van der Waals surface area contributed by atoms with E-state index >= 15 is 0 Å². The molecule has 0 aromatic carbocycles. The summed E-state index contributed by atoms with van der Waals surface area (Å²) in [6.07, 6.45) is 0. The van der Waals surface area contributed by atoms with Gasteiger partial charge in [0.05, 0.1) is 14.1 Å². The average molecular weight is 75.1 g/mol. The van der Waals surface area contributed by atoms with Crippen LogP contribution in [0.25, 0.3) is 0 Å². The molecule has 0 radical (unpaired) electrons. The lowest BCUT2D eigenvalue weighted by Gasteiger charge is -2.02. The largest absolute Gasteiger partial charge is 0.516 e. The molecule has 0 aliphatic carbocycles. The molecule has 0 amide bonds. The summed E-state index contributed by atoms with van der Waals surface area (Å²) in [6.45, 7) is 0. The molecule has 0 atom stereocenters. The lowest BCUT2D eigenvalue weighted by atomic mass is 9.03. The zero-order valence-corrected chi connectivity index (χ0v) is 3.94. The molecule has 0 saturated carbocycles. The molecule has 26 valence electrons. The zero-order valence-electron chi connectivity index (χ0n) is 3.94. The summed E-state index contributed by atoms with van der Waals surface area (Å²) >= 11 is 0. The Labute approximate surface area is 41.4 Å². The van der Waals surface area contributed by atoms with E-state index in [1.54, 1.807) is 0 Å². The van der Waals surface area contributed by atoms with Crippen molar-refractivity contribution in [3.8, 4) is 0 Å². The molecule has 1 heterocycles. The van der Waals surface area contributed by atoms with Gasteiger partial charge >= 0.3 is 0 Å². The second-order valence-corrected chi connectivity index (χ2v) is 1.67. The SMILES string of the molecule is B1BBOBB1. The Hall–Kier alpha value is 0.285. The fourth-order valence-electron chi connectivity index (χ4n) is 0.687. The Morgan fingerprint density at radius 3 is 1.67 bits per heavy atom. The molecule has 1 aliphatic rings. The minimum absolute atomic E-state index is 1.00. The smallest absolute Gasteiger partial charge is 0.203 e. The van der Waals surface area contributed by atoms with Crippen LogP contribution >= 0.6 is 0 Å². The Morgan fingerprint density at radius 1 is 0.833 bits per heavy atom. The van der Waals surface area contributed by atoms with Gasteiger partial charge in [-0.25, -0.2) is 0 Å². The fourth-order valence-corrected chi connectivity index (χ4v) is 0.687. The van der Waals surface area contributed by atoms with Crippen molar-refractivity contribution in [1.82, 2.24) is 0 Å². The molecule has 0 aromatic rings. The molecule has 0 spiro atoms. The molecule has 1 saturated heterocycles. The third-order valence-corrected chi connectivity index (χ3v) is 1.08. The van der Waals surface area contributed by atoms with Gasteiger partial charge in [0, 0.05) is 7.06 Å². The zero-order chi connectivity index (χ0) is 4.24. The van der Waals surface area contributed by atoms with Crippen LogP contribution in [0.15, 0.2) is 0 Å². The van der Waals surface area contributed by atoms with Crippen LogP contribution in [-0.4, -0.2) is 35.9 Å². The Morgan fingerprint density at radius 2 is 1.50 bits per heavy atom. The third kappa shape index (κ3) is 1.17. The lowest BCUT2D eigenvalue weighted by molar-refractivity contribution is 0.674. The highest BCUT2D eigenvalue weighted by atomic mass is 16.4.